The maximum Gasteiger partial charge on any atom is 0.248 e. The second kappa shape index (κ2) is 5.64. The van der Waals surface area contributed by atoms with Gasteiger partial charge in [0.25, 0.3) is 0 Å². The summed E-state index contributed by atoms with van der Waals surface area (Å²) >= 11 is 0. The Hall–Kier alpha value is -1.88. The van der Waals surface area contributed by atoms with E-state index in [1.54, 1.807) is 25.1 Å². The van der Waals surface area contributed by atoms with Crippen molar-refractivity contribution in [3.8, 4) is 0 Å². The molecule has 1 aromatic carbocycles. The van der Waals surface area contributed by atoms with E-state index < -0.39 is 11.4 Å². The molecule has 0 saturated carbocycles. The van der Waals surface area contributed by atoms with Crippen molar-refractivity contribution < 1.29 is 9.59 Å². The van der Waals surface area contributed by atoms with Crippen LogP contribution in [-0.2, 0) is 11.3 Å². The SMILES string of the molecule is CCC(C)(N)C(=O)NCc1cccc(C(N)=O)c1. The van der Waals surface area contributed by atoms with Gasteiger partial charge in [-0.15, -0.1) is 0 Å². The molecule has 0 spiro atoms. The minimum absolute atomic E-state index is 0.213. The first-order valence-electron chi connectivity index (χ1n) is 5.82. The molecule has 0 aliphatic carbocycles. The minimum atomic E-state index is -0.874. The van der Waals surface area contributed by atoms with Gasteiger partial charge in [0.15, 0.2) is 0 Å². The van der Waals surface area contributed by atoms with Crippen LogP contribution >= 0.6 is 0 Å². The Labute approximate surface area is 107 Å². The van der Waals surface area contributed by atoms with E-state index >= 15 is 0 Å². The van der Waals surface area contributed by atoms with Gasteiger partial charge in [-0.1, -0.05) is 19.1 Å². The Balaban J connectivity index is 2.67. The molecular weight excluding hydrogens is 230 g/mol. The standard InChI is InChI=1S/C13H19N3O2/c1-3-13(2,15)12(18)16-8-9-5-4-6-10(7-9)11(14)17/h4-7H,3,8,15H2,1-2H3,(H2,14,17)(H,16,18). The van der Waals surface area contributed by atoms with Crippen LogP contribution in [-0.4, -0.2) is 17.4 Å². The second-order valence-corrected chi connectivity index (χ2v) is 4.52. The van der Waals surface area contributed by atoms with Gasteiger partial charge in [-0.25, -0.2) is 0 Å². The third-order valence-corrected chi connectivity index (χ3v) is 2.92. The molecule has 5 heteroatoms. The highest BCUT2D eigenvalue weighted by Gasteiger charge is 2.25. The number of carbonyl (C=O) groups is 2. The van der Waals surface area contributed by atoms with Crippen LogP contribution < -0.4 is 16.8 Å². The van der Waals surface area contributed by atoms with Gasteiger partial charge in [-0.3, -0.25) is 9.59 Å². The lowest BCUT2D eigenvalue weighted by Crippen LogP contribution is -2.50. The summed E-state index contributed by atoms with van der Waals surface area (Å²) in [6, 6.07) is 6.82. The summed E-state index contributed by atoms with van der Waals surface area (Å²) < 4.78 is 0. The number of benzene rings is 1. The number of nitrogens with two attached hydrogens (primary N) is 2. The van der Waals surface area contributed by atoms with E-state index in [2.05, 4.69) is 5.32 Å². The number of primary amides is 1. The third-order valence-electron chi connectivity index (χ3n) is 2.92. The molecule has 0 fully saturated rings. The quantitative estimate of drug-likeness (QED) is 0.709. The average molecular weight is 249 g/mol. The second-order valence-electron chi connectivity index (χ2n) is 4.52. The van der Waals surface area contributed by atoms with Crippen molar-refractivity contribution in [3.05, 3.63) is 35.4 Å². The van der Waals surface area contributed by atoms with Gasteiger partial charge in [0, 0.05) is 12.1 Å². The summed E-state index contributed by atoms with van der Waals surface area (Å²) in [5, 5.41) is 2.74. The lowest BCUT2D eigenvalue weighted by Gasteiger charge is -2.21. The summed E-state index contributed by atoms with van der Waals surface area (Å²) in [6.45, 7) is 3.86. The first-order valence-corrected chi connectivity index (χ1v) is 5.82. The van der Waals surface area contributed by atoms with E-state index in [1.165, 1.54) is 0 Å². The maximum absolute atomic E-state index is 11.8. The van der Waals surface area contributed by atoms with E-state index in [9.17, 15) is 9.59 Å². The Morgan fingerprint density at radius 3 is 2.61 bits per heavy atom. The van der Waals surface area contributed by atoms with Gasteiger partial charge in [0.2, 0.25) is 11.8 Å². The van der Waals surface area contributed by atoms with Crippen LogP contribution in [0.25, 0.3) is 0 Å². The molecule has 0 aliphatic rings. The van der Waals surface area contributed by atoms with Crippen molar-refractivity contribution in [2.45, 2.75) is 32.4 Å². The zero-order chi connectivity index (χ0) is 13.8. The maximum atomic E-state index is 11.8. The molecule has 0 radical (unpaired) electrons. The Bertz CT molecular complexity index is 455. The molecule has 1 aromatic rings. The third kappa shape index (κ3) is 3.56. The summed E-state index contributed by atoms with van der Waals surface area (Å²) in [6.07, 6.45) is 0.556. The highest BCUT2D eigenvalue weighted by atomic mass is 16.2. The summed E-state index contributed by atoms with van der Waals surface area (Å²) in [7, 11) is 0. The lowest BCUT2D eigenvalue weighted by atomic mass is 9.99. The number of nitrogens with one attached hydrogen (secondary N) is 1. The van der Waals surface area contributed by atoms with Gasteiger partial charge in [-0.05, 0) is 31.0 Å². The van der Waals surface area contributed by atoms with Gasteiger partial charge >= 0.3 is 0 Å². The molecule has 1 atom stereocenters. The van der Waals surface area contributed by atoms with Crippen molar-refractivity contribution in [2.24, 2.45) is 11.5 Å². The van der Waals surface area contributed by atoms with Crippen molar-refractivity contribution in [1.82, 2.24) is 5.32 Å². The lowest BCUT2D eigenvalue weighted by molar-refractivity contribution is -0.126. The molecule has 98 valence electrons. The number of amides is 2. The first-order chi connectivity index (χ1) is 8.36. The van der Waals surface area contributed by atoms with E-state index in [-0.39, 0.29) is 5.91 Å². The molecular formula is C13H19N3O2. The van der Waals surface area contributed by atoms with E-state index in [0.717, 1.165) is 5.56 Å². The minimum Gasteiger partial charge on any atom is -0.366 e. The van der Waals surface area contributed by atoms with Gasteiger partial charge in [-0.2, -0.15) is 0 Å². The van der Waals surface area contributed by atoms with Gasteiger partial charge in [0.05, 0.1) is 5.54 Å². The van der Waals surface area contributed by atoms with Crippen LogP contribution in [0, 0.1) is 0 Å². The average Bonchev–Trinajstić information content (AvgIpc) is 2.36. The van der Waals surface area contributed by atoms with Crippen LogP contribution in [0.15, 0.2) is 24.3 Å². The highest BCUT2D eigenvalue weighted by Crippen LogP contribution is 2.07. The summed E-state index contributed by atoms with van der Waals surface area (Å²) in [4.78, 5) is 22.8. The normalized spacial score (nSPS) is 13.7. The highest BCUT2D eigenvalue weighted by molar-refractivity contribution is 5.93. The zero-order valence-corrected chi connectivity index (χ0v) is 10.7. The van der Waals surface area contributed by atoms with Crippen molar-refractivity contribution in [1.29, 1.82) is 0 Å². The van der Waals surface area contributed by atoms with Crippen molar-refractivity contribution >= 4 is 11.8 Å². The predicted octanol–water partition coefficient (Wildman–Crippen LogP) is 0.529. The van der Waals surface area contributed by atoms with Crippen LogP contribution in [0.5, 0.6) is 0 Å². The first kappa shape index (κ1) is 14.2. The molecule has 0 heterocycles. The van der Waals surface area contributed by atoms with Crippen LogP contribution in [0.4, 0.5) is 0 Å². The predicted molar refractivity (Wildman–Crippen MR) is 69.7 cm³/mol. The number of carbonyl (C=O) groups excluding carboxylic acids is 2. The summed E-state index contributed by atoms with van der Waals surface area (Å²) in [5.41, 5.74) is 11.4. The fourth-order valence-corrected chi connectivity index (χ4v) is 1.38. The van der Waals surface area contributed by atoms with Crippen LogP contribution in [0.2, 0.25) is 0 Å². The molecule has 1 rings (SSSR count). The molecule has 0 aromatic heterocycles. The zero-order valence-electron chi connectivity index (χ0n) is 10.7. The smallest absolute Gasteiger partial charge is 0.248 e. The molecule has 5 nitrogen and oxygen atoms in total. The molecule has 0 bridgehead atoms. The fraction of sp³-hybridized carbons (Fsp3) is 0.385. The van der Waals surface area contributed by atoms with Gasteiger partial charge in [0.1, 0.15) is 0 Å². The molecule has 1 unspecified atom stereocenters. The monoisotopic (exact) mass is 249 g/mol. The number of hydrogen-bond donors (Lipinski definition) is 3. The molecule has 5 N–H and O–H groups in total. The fourth-order valence-electron chi connectivity index (χ4n) is 1.38. The Morgan fingerprint density at radius 1 is 1.39 bits per heavy atom. The molecule has 2 amide bonds. The molecule has 18 heavy (non-hydrogen) atoms. The van der Waals surface area contributed by atoms with Crippen molar-refractivity contribution in [2.75, 3.05) is 0 Å². The Morgan fingerprint density at radius 2 is 2.06 bits per heavy atom. The molecule has 0 aliphatic heterocycles. The number of hydrogen-bond acceptors (Lipinski definition) is 3. The Kier molecular flexibility index (Phi) is 4.44. The molecule has 0 saturated heterocycles. The van der Waals surface area contributed by atoms with E-state index in [1.807, 2.05) is 13.0 Å². The number of rotatable bonds is 5. The summed E-state index contributed by atoms with van der Waals surface area (Å²) in [5.74, 6) is -0.699. The van der Waals surface area contributed by atoms with Crippen LogP contribution in [0.1, 0.15) is 36.2 Å². The van der Waals surface area contributed by atoms with Crippen LogP contribution in [0.3, 0.4) is 0 Å². The van der Waals surface area contributed by atoms with E-state index in [4.69, 9.17) is 11.5 Å². The topological polar surface area (TPSA) is 98.2 Å². The van der Waals surface area contributed by atoms with Gasteiger partial charge < -0.3 is 16.8 Å². The van der Waals surface area contributed by atoms with Crippen molar-refractivity contribution in [3.63, 3.8) is 0 Å². The largest absolute Gasteiger partial charge is 0.366 e. The van der Waals surface area contributed by atoms with E-state index in [0.29, 0.717) is 18.5 Å².